The fourth-order valence-electron chi connectivity index (χ4n) is 7.01. The minimum absolute atomic E-state index is 0.214. The van der Waals surface area contributed by atoms with Crippen molar-refractivity contribution in [3.05, 3.63) is 65.2 Å². The van der Waals surface area contributed by atoms with Crippen molar-refractivity contribution in [2.45, 2.75) is 69.2 Å². The highest BCUT2D eigenvalue weighted by molar-refractivity contribution is 6.33. The lowest BCUT2D eigenvalue weighted by molar-refractivity contribution is -0.149. The number of aliphatic hydroxyl groups excluding tert-OH is 1. The minimum atomic E-state index is -1.18. The van der Waals surface area contributed by atoms with Gasteiger partial charge < -0.3 is 25.4 Å². The number of amides is 3. The number of fused-ring (bicyclic) bond motifs is 1. The summed E-state index contributed by atoms with van der Waals surface area (Å²) in [5.74, 6) is -2.51. The number of anilines is 1. The standard InChI is InChI=1S/C30H36ClN3O5/c1-3-16-32-26(36)23-24-28(38)34(20(18-35)17-19-10-6-5-7-11-19)25(30(24)15-14-29(23,4-2)39-30)27(37)33-22-13-9-8-12-21(22)31/h5-13,20,23-25,35H,3-4,14-18H2,1-2H3,(H,32,36)(H,33,37)/t20-,23+,24+,25?,29-,30?/m1/s1. The number of ether oxygens (including phenoxy) is 1. The molecule has 3 aliphatic rings. The third-order valence-corrected chi connectivity index (χ3v) is 9.08. The Morgan fingerprint density at radius 1 is 1.10 bits per heavy atom. The number of carbonyl (C=O) groups excluding carboxylic acids is 3. The predicted octanol–water partition coefficient (Wildman–Crippen LogP) is 3.56. The van der Waals surface area contributed by atoms with Crippen LogP contribution < -0.4 is 10.6 Å². The third kappa shape index (κ3) is 4.52. The summed E-state index contributed by atoms with van der Waals surface area (Å²) in [4.78, 5) is 43.6. The first-order valence-corrected chi connectivity index (χ1v) is 14.2. The van der Waals surface area contributed by atoms with E-state index in [1.807, 2.05) is 44.2 Å². The lowest BCUT2D eigenvalue weighted by Gasteiger charge is -2.37. The number of halogens is 1. The van der Waals surface area contributed by atoms with Crippen molar-refractivity contribution in [3.63, 3.8) is 0 Å². The molecule has 39 heavy (non-hydrogen) atoms. The lowest BCUT2D eigenvalue weighted by atomic mass is 9.65. The Kier molecular flexibility index (Phi) is 7.73. The molecule has 3 N–H and O–H groups in total. The van der Waals surface area contributed by atoms with E-state index in [0.717, 1.165) is 12.0 Å². The Balaban J connectivity index is 1.58. The van der Waals surface area contributed by atoms with E-state index < -0.39 is 41.0 Å². The van der Waals surface area contributed by atoms with Gasteiger partial charge in [0.1, 0.15) is 11.6 Å². The van der Waals surface area contributed by atoms with Crippen molar-refractivity contribution in [3.8, 4) is 0 Å². The van der Waals surface area contributed by atoms with Crippen LogP contribution in [0.25, 0.3) is 0 Å². The molecule has 5 rings (SSSR count). The van der Waals surface area contributed by atoms with Gasteiger partial charge in [0.05, 0.1) is 40.8 Å². The van der Waals surface area contributed by atoms with Crippen molar-refractivity contribution in [1.82, 2.24) is 10.2 Å². The molecule has 208 valence electrons. The molecule has 0 aromatic heterocycles. The smallest absolute Gasteiger partial charge is 0.250 e. The molecule has 9 heteroatoms. The van der Waals surface area contributed by atoms with Crippen LogP contribution in [0.15, 0.2) is 54.6 Å². The SMILES string of the molecule is CCCNC(=O)[C@@H]1[C@H]2C(=O)N([C@@H](CO)Cc3ccccc3)C(C(=O)Nc3ccccc3Cl)C23CC[C@@]1(CC)O3. The van der Waals surface area contributed by atoms with Gasteiger partial charge in [0.2, 0.25) is 17.7 Å². The molecule has 3 heterocycles. The second-order valence-electron chi connectivity index (χ2n) is 10.9. The molecule has 6 atom stereocenters. The molecular weight excluding hydrogens is 518 g/mol. The third-order valence-electron chi connectivity index (χ3n) is 8.75. The normalized spacial score (nSPS) is 29.8. The molecule has 0 radical (unpaired) electrons. The fourth-order valence-corrected chi connectivity index (χ4v) is 7.19. The topological polar surface area (TPSA) is 108 Å². The van der Waals surface area contributed by atoms with Gasteiger partial charge in [-0.25, -0.2) is 0 Å². The number of hydrogen-bond acceptors (Lipinski definition) is 5. The zero-order valence-corrected chi connectivity index (χ0v) is 23.1. The number of para-hydroxylation sites is 1. The number of nitrogens with zero attached hydrogens (tertiary/aromatic N) is 1. The first-order valence-electron chi connectivity index (χ1n) is 13.8. The van der Waals surface area contributed by atoms with Crippen LogP contribution >= 0.6 is 11.6 Å². The van der Waals surface area contributed by atoms with Crippen molar-refractivity contribution < 1.29 is 24.2 Å². The van der Waals surface area contributed by atoms with Crippen molar-refractivity contribution in [1.29, 1.82) is 0 Å². The van der Waals surface area contributed by atoms with Crippen LogP contribution in [0, 0.1) is 11.8 Å². The van der Waals surface area contributed by atoms with Gasteiger partial charge in [0.15, 0.2) is 0 Å². The Labute approximate surface area is 234 Å². The second kappa shape index (κ2) is 10.9. The molecule has 3 fully saturated rings. The second-order valence-corrected chi connectivity index (χ2v) is 11.3. The molecule has 3 amide bonds. The van der Waals surface area contributed by atoms with Crippen molar-refractivity contribution in [2.75, 3.05) is 18.5 Å². The summed E-state index contributed by atoms with van der Waals surface area (Å²) >= 11 is 6.36. The van der Waals surface area contributed by atoms with E-state index in [9.17, 15) is 19.5 Å². The summed E-state index contributed by atoms with van der Waals surface area (Å²) < 4.78 is 6.78. The predicted molar refractivity (Wildman–Crippen MR) is 148 cm³/mol. The van der Waals surface area contributed by atoms with Gasteiger partial charge in [-0.2, -0.15) is 0 Å². The van der Waals surface area contributed by atoms with Crippen molar-refractivity contribution in [2.24, 2.45) is 11.8 Å². The van der Waals surface area contributed by atoms with Crippen LogP contribution in [0.5, 0.6) is 0 Å². The molecule has 8 nitrogen and oxygen atoms in total. The van der Waals surface area contributed by atoms with Crippen LogP contribution in [-0.2, 0) is 25.5 Å². The first kappa shape index (κ1) is 27.6. The number of nitrogens with one attached hydrogen (secondary N) is 2. The highest BCUT2D eigenvalue weighted by Crippen LogP contribution is 2.64. The largest absolute Gasteiger partial charge is 0.394 e. The van der Waals surface area contributed by atoms with E-state index in [1.165, 1.54) is 4.90 Å². The van der Waals surface area contributed by atoms with Crippen LogP contribution in [0.4, 0.5) is 5.69 Å². The maximum absolute atomic E-state index is 14.4. The number of hydrogen-bond donors (Lipinski definition) is 3. The van der Waals surface area contributed by atoms with Gasteiger partial charge in [0.25, 0.3) is 0 Å². The highest BCUT2D eigenvalue weighted by Gasteiger charge is 2.79. The van der Waals surface area contributed by atoms with E-state index in [-0.39, 0.29) is 18.4 Å². The molecule has 1 spiro atoms. The Hall–Kier alpha value is -2.94. The van der Waals surface area contributed by atoms with Crippen molar-refractivity contribution >= 4 is 35.0 Å². The van der Waals surface area contributed by atoms with E-state index >= 15 is 0 Å². The molecule has 3 saturated heterocycles. The van der Waals surface area contributed by atoms with Gasteiger partial charge in [0, 0.05) is 6.54 Å². The van der Waals surface area contributed by atoms with E-state index in [2.05, 4.69) is 10.6 Å². The van der Waals surface area contributed by atoms with E-state index in [1.54, 1.807) is 24.3 Å². The number of carbonyl (C=O) groups is 3. The van der Waals surface area contributed by atoms with Gasteiger partial charge >= 0.3 is 0 Å². The Bertz CT molecular complexity index is 1240. The maximum atomic E-state index is 14.4. The fraction of sp³-hybridized carbons (Fsp3) is 0.500. The zero-order valence-electron chi connectivity index (χ0n) is 22.4. The first-order chi connectivity index (χ1) is 18.8. The summed E-state index contributed by atoms with van der Waals surface area (Å²) in [6.45, 7) is 4.09. The molecule has 0 aliphatic carbocycles. The monoisotopic (exact) mass is 553 g/mol. The number of benzene rings is 2. The maximum Gasteiger partial charge on any atom is 0.250 e. The highest BCUT2D eigenvalue weighted by atomic mass is 35.5. The summed E-state index contributed by atoms with van der Waals surface area (Å²) in [5.41, 5.74) is -0.649. The lowest BCUT2D eigenvalue weighted by Crippen LogP contribution is -2.57. The summed E-state index contributed by atoms with van der Waals surface area (Å²) in [6.07, 6.45) is 2.71. The summed E-state index contributed by atoms with van der Waals surface area (Å²) in [7, 11) is 0. The number of rotatable bonds is 10. The average Bonchev–Trinajstić information content (AvgIpc) is 3.56. The molecular formula is C30H36ClN3O5. The van der Waals surface area contributed by atoms with Crippen LogP contribution in [0.1, 0.15) is 45.1 Å². The van der Waals surface area contributed by atoms with E-state index in [0.29, 0.717) is 42.9 Å². The van der Waals surface area contributed by atoms with Gasteiger partial charge in [-0.1, -0.05) is 67.9 Å². The van der Waals surface area contributed by atoms with Gasteiger partial charge in [-0.15, -0.1) is 0 Å². The Morgan fingerprint density at radius 3 is 2.49 bits per heavy atom. The average molecular weight is 554 g/mol. The molecule has 2 aromatic carbocycles. The molecule has 2 unspecified atom stereocenters. The number of aliphatic hydroxyl groups is 1. The molecule has 0 saturated carbocycles. The van der Waals surface area contributed by atoms with E-state index in [4.69, 9.17) is 16.3 Å². The molecule has 3 aliphatic heterocycles. The Morgan fingerprint density at radius 2 is 1.82 bits per heavy atom. The quantitative estimate of drug-likeness (QED) is 0.417. The van der Waals surface area contributed by atoms with Gasteiger partial charge in [-0.05, 0) is 49.8 Å². The van der Waals surface area contributed by atoms with Crippen LogP contribution in [0.3, 0.4) is 0 Å². The number of likely N-dealkylation sites (tertiary alicyclic amines) is 1. The summed E-state index contributed by atoms with van der Waals surface area (Å²) in [5, 5.41) is 16.8. The zero-order chi connectivity index (χ0) is 27.8. The molecule has 2 bridgehead atoms. The summed E-state index contributed by atoms with van der Waals surface area (Å²) in [6, 6.07) is 14.7. The minimum Gasteiger partial charge on any atom is -0.394 e. The molecule has 2 aromatic rings. The van der Waals surface area contributed by atoms with Gasteiger partial charge in [-0.3, -0.25) is 14.4 Å². The van der Waals surface area contributed by atoms with Crippen LogP contribution in [-0.4, -0.2) is 64.2 Å². The van der Waals surface area contributed by atoms with Crippen LogP contribution in [0.2, 0.25) is 5.02 Å².